The molecule has 1 fully saturated rings. The van der Waals surface area contributed by atoms with Gasteiger partial charge in [0.2, 0.25) is 0 Å². The minimum atomic E-state index is -4.17. The Hall–Kier alpha value is -1.03. The molecule has 9 nitrogen and oxygen atoms in total. The van der Waals surface area contributed by atoms with E-state index < -0.39 is 44.6 Å². The van der Waals surface area contributed by atoms with E-state index in [1.54, 1.807) is 0 Å². The number of aliphatic hydroxyl groups is 1. The third-order valence-corrected chi connectivity index (χ3v) is 3.38. The van der Waals surface area contributed by atoms with Crippen LogP contribution in [-0.2, 0) is 13.8 Å². The highest BCUT2D eigenvalue weighted by Gasteiger charge is 2.40. The Bertz CT molecular complexity index is 469. The molecule has 2 rings (SSSR count). The van der Waals surface area contributed by atoms with E-state index in [9.17, 15) is 18.9 Å². The van der Waals surface area contributed by atoms with Crippen LogP contribution in [0.15, 0.2) is 12.0 Å². The molecule has 0 spiro atoms. The van der Waals surface area contributed by atoms with Gasteiger partial charge in [-0.2, -0.15) is 0 Å². The minimum absolute atomic E-state index is 0.0194. The maximum atomic E-state index is 13.1. The molecule has 1 saturated heterocycles. The van der Waals surface area contributed by atoms with Crippen molar-refractivity contribution >= 4 is 13.8 Å². The van der Waals surface area contributed by atoms with Crippen LogP contribution in [0.5, 0.6) is 0 Å². The van der Waals surface area contributed by atoms with E-state index in [-0.39, 0.29) is 13.0 Å². The number of aliphatic hydroxyl groups excluding tert-OH is 1. The zero-order valence-electron chi connectivity index (χ0n) is 10.3. The van der Waals surface area contributed by atoms with Crippen LogP contribution in [0.4, 0.5) is 9.18 Å². The molecule has 5 N–H and O–H groups in total. The second kappa shape index (κ2) is 5.76. The number of ether oxygens (including phenoxy) is 1. The fraction of sp³-hybridized carbons (Fsp3) is 0.667. The van der Waals surface area contributed by atoms with Gasteiger partial charge in [0.15, 0.2) is 0 Å². The van der Waals surface area contributed by atoms with Crippen molar-refractivity contribution in [1.82, 2.24) is 10.2 Å². The number of hydrogen-bond acceptors (Lipinski definition) is 5. The fourth-order valence-corrected chi connectivity index (χ4v) is 2.30. The van der Waals surface area contributed by atoms with E-state index in [0.717, 1.165) is 11.1 Å². The summed E-state index contributed by atoms with van der Waals surface area (Å²) in [6.45, 7) is -0.610. The third-order valence-electron chi connectivity index (χ3n) is 2.86. The van der Waals surface area contributed by atoms with E-state index in [0.29, 0.717) is 0 Å². The van der Waals surface area contributed by atoms with Crippen LogP contribution in [0.2, 0.25) is 0 Å². The molecule has 0 radical (unpaired) electrons. The van der Waals surface area contributed by atoms with Crippen LogP contribution < -0.4 is 10.8 Å². The lowest BCUT2D eigenvalue weighted by molar-refractivity contribution is -0.0513. The predicted octanol–water partition coefficient (Wildman–Crippen LogP) is -0.626. The number of nitrogens with one attached hydrogen (secondary N) is 1. The van der Waals surface area contributed by atoms with E-state index >= 15 is 0 Å². The number of rotatable bonds is 4. The largest absolute Gasteiger partial charge is 0.400 e. The van der Waals surface area contributed by atoms with Crippen LogP contribution in [0.1, 0.15) is 6.42 Å². The molecule has 0 aromatic rings. The van der Waals surface area contributed by atoms with Gasteiger partial charge in [0.1, 0.15) is 18.2 Å². The minimum Gasteiger partial charge on any atom is -0.390 e. The van der Waals surface area contributed by atoms with Gasteiger partial charge in [0.05, 0.1) is 19.3 Å². The molecule has 11 heteroatoms. The van der Waals surface area contributed by atoms with Gasteiger partial charge in [-0.05, 0) is 0 Å². The lowest BCUT2D eigenvalue weighted by Gasteiger charge is -2.28. The number of carbonyl (C=O) groups is 1. The number of nitrogens with zero attached hydrogens (tertiary/aromatic N) is 1. The average Bonchev–Trinajstić information content (AvgIpc) is 2.70. The highest BCUT2D eigenvalue weighted by atomic mass is 31.2. The molecule has 4 atom stereocenters. The zero-order valence-corrected chi connectivity index (χ0v) is 11.2. The molecule has 2 amide bonds. The lowest BCUT2D eigenvalue weighted by atomic mass is 10.2. The monoisotopic (exact) mass is 311 g/mol. The molecule has 114 valence electrons. The second-order valence-electron chi connectivity index (χ2n) is 4.43. The SMILES string of the molecule is NP(=O)(O)OC[C@H]1O[C@@H](N2C=C(F)CNC2=O)C[C@H]1O. The van der Waals surface area contributed by atoms with Crippen molar-refractivity contribution in [3.05, 3.63) is 12.0 Å². The quantitative estimate of drug-likeness (QED) is 0.508. The molecule has 2 aliphatic rings. The molecular weight excluding hydrogens is 296 g/mol. The third kappa shape index (κ3) is 3.75. The van der Waals surface area contributed by atoms with Crippen LogP contribution in [-0.4, -0.2) is 52.5 Å². The molecular formula is C9H15FN3O6P. The smallest absolute Gasteiger partial charge is 0.390 e. The summed E-state index contributed by atoms with van der Waals surface area (Å²) in [5.74, 6) is -0.552. The first kappa shape index (κ1) is 15.4. The normalized spacial score (nSPS) is 33.6. The van der Waals surface area contributed by atoms with E-state index in [2.05, 4.69) is 9.84 Å². The molecule has 0 bridgehead atoms. The first-order chi connectivity index (χ1) is 9.26. The summed E-state index contributed by atoms with van der Waals surface area (Å²) in [5.41, 5.74) is 4.79. The van der Waals surface area contributed by atoms with Crippen LogP contribution in [0.25, 0.3) is 0 Å². The van der Waals surface area contributed by atoms with Crippen molar-refractivity contribution in [3.8, 4) is 0 Å². The molecule has 2 heterocycles. The Kier molecular flexibility index (Phi) is 4.43. The molecule has 0 saturated carbocycles. The Labute approximate surface area is 113 Å². The maximum Gasteiger partial charge on any atom is 0.400 e. The Morgan fingerprint density at radius 3 is 3.05 bits per heavy atom. The standard InChI is InChI=1S/C9H15FN3O6P/c10-5-2-12-9(15)13(3-5)8-1-6(14)7(19-8)4-18-20(11,16)17/h3,6-8,14H,1-2,4H2,(H,12,15)(H3,11,16,17)/t6-,7-,8-/m1/s1. The van der Waals surface area contributed by atoms with Crippen LogP contribution >= 0.6 is 7.75 Å². The highest BCUT2D eigenvalue weighted by molar-refractivity contribution is 7.50. The first-order valence-electron chi connectivity index (χ1n) is 5.78. The predicted molar refractivity (Wildman–Crippen MR) is 63.7 cm³/mol. The van der Waals surface area contributed by atoms with Gasteiger partial charge in [-0.25, -0.2) is 19.3 Å². The summed E-state index contributed by atoms with van der Waals surface area (Å²) in [7, 11) is -4.17. The van der Waals surface area contributed by atoms with Gasteiger partial charge in [-0.15, -0.1) is 0 Å². The zero-order chi connectivity index (χ0) is 14.9. The topological polar surface area (TPSA) is 134 Å². The van der Waals surface area contributed by atoms with Crippen LogP contribution in [0.3, 0.4) is 0 Å². The summed E-state index contributed by atoms with van der Waals surface area (Å²) in [5, 5.41) is 12.0. The van der Waals surface area contributed by atoms with Gasteiger partial charge in [-0.3, -0.25) is 9.42 Å². The first-order valence-corrected chi connectivity index (χ1v) is 7.43. The van der Waals surface area contributed by atoms with Crippen molar-refractivity contribution in [1.29, 1.82) is 0 Å². The van der Waals surface area contributed by atoms with Gasteiger partial charge >= 0.3 is 13.8 Å². The highest BCUT2D eigenvalue weighted by Crippen LogP contribution is 2.34. The fourth-order valence-electron chi connectivity index (χ4n) is 1.94. The second-order valence-corrected chi connectivity index (χ2v) is 5.82. The summed E-state index contributed by atoms with van der Waals surface area (Å²) >= 11 is 0. The molecule has 0 aromatic carbocycles. The van der Waals surface area contributed by atoms with Crippen molar-refractivity contribution in [2.45, 2.75) is 24.9 Å². The summed E-state index contributed by atoms with van der Waals surface area (Å²) in [6, 6.07) is -0.558. The van der Waals surface area contributed by atoms with Crippen LogP contribution in [0, 0.1) is 0 Å². The number of carbonyl (C=O) groups excluding carboxylic acids is 1. The van der Waals surface area contributed by atoms with Gasteiger partial charge in [0, 0.05) is 12.6 Å². The number of halogens is 1. The van der Waals surface area contributed by atoms with Gasteiger partial charge in [-0.1, -0.05) is 0 Å². The van der Waals surface area contributed by atoms with Crippen molar-refractivity contribution in [2.24, 2.45) is 5.50 Å². The number of urea groups is 1. The van der Waals surface area contributed by atoms with E-state index in [1.807, 2.05) is 0 Å². The Morgan fingerprint density at radius 2 is 2.40 bits per heavy atom. The molecule has 1 unspecified atom stereocenters. The number of nitrogens with two attached hydrogens (primary N) is 1. The van der Waals surface area contributed by atoms with Crippen molar-refractivity contribution in [3.63, 3.8) is 0 Å². The van der Waals surface area contributed by atoms with E-state index in [4.69, 9.17) is 15.1 Å². The average molecular weight is 311 g/mol. The Morgan fingerprint density at radius 1 is 1.70 bits per heavy atom. The van der Waals surface area contributed by atoms with E-state index in [1.165, 1.54) is 0 Å². The Balaban J connectivity index is 1.97. The van der Waals surface area contributed by atoms with Gasteiger partial charge in [0.25, 0.3) is 0 Å². The molecule has 2 aliphatic heterocycles. The lowest BCUT2D eigenvalue weighted by Crippen LogP contribution is -2.46. The maximum absolute atomic E-state index is 13.1. The van der Waals surface area contributed by atoms with Crippen molar-refractivity contribution < 1.29 is 33.0 Å². The molecule has 0 aliphatic carbocycles. The number of amides is 2. The number of hydrogen-bond donors (Lipinski definition) is 4. The summed E-state index contributed by atoms with van der Waals surface area (Å²) in [6.07, 6.45) is -1.85. The molecule has 20 heavy (non-hydrogen) atoms. The van der Waals surface area contributed by atoms with Gasteiger partial charge < -0.3 is 20.1 Å². The molecule has 0 aromatic heterocycles. The summed E-state index contributed by atoms with van der Waals surface area (Å²) in [4.78, 5) is 21.3. The van der Waals surface area contributed by atoms with Crippen molar-refractivity contribution in [2.75, 3.05) is 13.2 Å². The summed E-state index contributed by atoms with van der Waals surface area (Å²) < 4.78 is 33.7.